The molecule has 0 saturated carbocycles. The maximum Gasteiger partial charge on any atom is 0.414 e. The van der Waals surface area contributed by atoms with Crippen LogP contribution in [-0.4, -0.2) is 87.6 Å². The second kappa shape index (κ2) is 9.63. The van der Waals surface area contributed by atoms with Gasteiger partial charge in [0.05, 0.1) is 29.5 Å². The maximum atomic E-state index is 14.9. The minimum atomic E-state index is -3.48. The van der Waals surface area contributed by atoms with Gasteiger partial charge < -0.3 is 15.0 Å². The molecule has 3 rings (SSSR count). The molecule has 1 N–H and O–H groups in total. The smallest absolute Gasteiger partial charge is 0.414 e. The third kappa shape index (κ3) is 5.25. The molecule has 2 aliphatic rings. The molecule has 0 aliphatic carbocycles. The van der Waals surface area contributed by atoms with Crippen LogP contribution in [0.15, 0.2) is 18.2 Å². The number of thiocarbonyl (C=S) groups is 1. The standard InChI is InChI=1S/C19H28FN5O4S2/c1-4-18(30)21-12-15-13-25(19(26)29-15)14-5-6-17(16(20)11-14)23-7-9-24(10-8-23)31(27,28)22(2)3/h5-6,11,15H,4,7-10,12-13H2,1-3H3,(H,21,30)/t15-/m0/s1. The minimum absolute atomic E-state index is 0.272. The molecule has 12 heteroatoms. The molecule has 9 nitrogen and oxygen atoms in total. The molecule has 0 unspecified atom stereocenters. The van der Waals surface area contributed by atoms with Crippen LogP contribution in [0, 0.1) is 5.82 Å². The van der Waals surface area contributed by atoms with Crippen molar-refractivity contribution in [1.82, 2.24) is 13.9 Å². The van der Waals surface area contributed by atoms with Crippen LogP contribution >= 0.6 is 12.2 Å². The lowest BCUT2D eigenvalue weighted by atomic mass is 10.2. The topological polar surface area (TPSA) is 85.4 Å². The number of amides is 1. The van der Waals surface area contributed by atoms with Gasteiger partial charge in [0.1, 0.15) is 11.9 Å². The number of hydrogen-bond donors (Lipinski definition) is 1. The molecule has 0 aromatic heterocycles. The fourth-order valence-corrected chi connectivity index (χ4v) is 4.67. The van der Waals surface area contributed by atoms with E-state index in [0.717, 1.165) is 0 Å². The summed E-state index contributed by atoms with van der Waals surface area (Å²) in [6.07, 6.45) is -0.183. The first-order valence-corrected chi connectivity index (χ1v) is 11.9. The molecule has 2 heterocycles. The van der Waals surface area contributed by atoms with Gasteiger partial charge in [-0.3, -0.25) is 4.90 Å². The first-order chi connectivity index (χ1) is 14.6. The Morgan fingerprint density at radius 1 is 1.29 bits per heavy atom. The van der Waals surface area contributed by atoms with Crippen LogP contribution in [0.5, 0.6) is 0 Å². The van der Waals surface area contributed by atoms with E-state index < -0.39 is 22.1 Å². The molecule has 172 valence electrons. The predicted molar refractivity (Wildman–Crippen MR) is 121 cm³/mol. The SMILES string of the molecule is CCC(=S)NC[C@H]1CN(c2ccc(N3CCN(S(=O)(=O)N(C)C)CC3)c(F)c2)C(=O)O1. The highest BCUT2D eigenvalue weighted by atomic mass is 32.2. The highest BCUT2D eigenvalue weighted by molar-refractivity contribution is 7.86. The molecule has 1 aromatic carbocycles. The summed E-state index contributed by atoms with van der Waals surface area (Å²) in [5.74, 6) is -0.469. The van der Waals surface area contributed by atoms with Crippen molar-refractivity contribution >= 4 is 44.9 Å². The van der Waals surface area contributed by atoms with Gasteiger partial charge in [0, 0.05) is 40.3 Å². The fraction of sp³-hybridized carbons (Fsp3) is 0.579. The molecule has 1 atom stereocenters. The molecule has 2 aliphatic heterocycles. The van der Waals surface area contributed by atoms with Gasteiger partial charge in [-0.15, -0.1) is 0 Å². The Morgan fingerprint density at radius 3 is 2.55 bits per heavy atom. The van der Waals surface area contributed by atoms with Gasteiger partial charge in [-0.1, -0.05) is 19.1 Å². The number of anilines is 2. The molecule has 0 radical (unpaired) electrons. The Kier molecular flexibility index (Phi) is 7.35. The van der Waals surface area contributed by atoms with Crippen molar-refractivity contribution in [3.63, 3.8) is 0 Å². The van der Waals surface area contributed by atoms with E-state index in [0.29, 0.717) is 49.0 Å². The number of carbonyl (C=O) groups is 1. The van der Waals surface area contributed by atoms with E-state index in [9.17, 15) is 17.6 Å². The number of rotatable bonds is 7. The number of nitrogens with one attached hydrogen (secondary N) is 1. The first-order valence-electron chi connectivity index (χ1n) is 10.1. The van der Waals surface area contributed by atoms with Gasteiger partial charge in [-0.2, -0.15) is 17.0 Å². The lowest BCUT2D eigenvalue weighted by molar-refractivity contribution is 0.143. The summed E-state index contributed by atoms with van der Waals surface area (Å²) in [5.41, 5.74) is 0.797. The molecule has 1 amide bonds. The van der Waals surface area contributed by atoms with E-state index >= 15 is 0 Å². The summed E-state index contributed by atoms with van der Waals surface area (Å²) >= 11 is 5.12. The van der Waals surface area contributed by atoms with E-state index in [2.05, 4.69) is 5.32 Å². The summed E-state index contributed by atoms with van der Waals surface area (Å²) < 4.78 is 47.3. The molecule has 2 fully saturated rings. The Bertz CT molecular complexity index is 935. The van der Waals surface area contributed by atoms with Gasteiger partial charge in [-0.05, 0) is 24.6 Å². The van der Waals surface area contributed by atoms with E-state index in [1.54, 1.807) is 12.1 Å². The summed E-state index contributed by atoms with van der Waals surface area (Å²) in [6, 6.07) is 4.60. The number of nitrogens with zero attached hydrogens (tertiary/aromatic N) is 4. The van der Waals surface area contributed by atoms with E-state index in [1.807, 2.05) is 11.8 Å². The molecule has 31 heavy (non-hydrogen) atoms. The van der Waals surface area contributed by atoms with Gasteiger partial charge in [0.25, 0.3) is 10.2 Å². The zero-order chi connectivity index (χ0) is 22.8. The number of hydrogen-bond acceptors (Lipinski definition) is 6. The van der Waals surface area contributed by atoms with Crippen LogP contribution in [-0.2, 0) is 14.9 Å². The Morgan fingerprint density at radius 2 is 1.97 bits per heavy atom. The quantitative estimate of drug-likeness (QED) is 0.600. The maximum absolute atomic E-state index is 14.9. The summed E-state index contributed by atoms with van der Waals surface area (Å²) in [4.78, 5) is 16.1. The number of carbonyl (C=O) groups excluding carboxylic acids is 1. The van der Waals surface area contributed by atoms with Gasteiger partial charge in [-0.25, -0.2) is 9.18 Å². The van der Waals surface area contributed by atoms with Crippen LogP contribution in [0.1, 0.15) is 13.3 Å². The number of cyclic esters (lactones) is 1. The van der Waals surface area contributed by atoms with Crippen molar-refractivity contribution in [2.24, 2.45) is 0 Å². The Balaban J connectivity index is 1.63. The predicted octanol–water partition coefficient (Wildman–Crippen LogP) is 1.41. The zero-order valence-electron chi connectivity index (χ0n) is 17.9. The number of ether oxygens (including phenoxy) is 1. The number of piperazine rings is 1. The van der Waals surface area contributed by atoms with Gasteiger partial charge >= 0.3 is 6.09 Å². The van der Waals surface area contributed by atoms with Crippen LogP contribution in [0.25, 0.3) is 0 Å². The molecule has 2 saturated heterocycles. The third-order valence-electron chi connectivity index (χ3n) is 5.33. The van der Waals surface area contributed by atoms with Gasteiger partial charge in [0.2, 0.25) is 0 Å². The van der Waals surface area contributed by atoms with E-state index in [1.165, 1.54) is 33.7 Å². The van der Waals surface area contributed by atoms with Crippen LogP contribution in [0.4, 0.5) is 20.6 Å². The van der Waals surface area contributed by atoms with Crippen molar-refractivity contribution < 1.29 is 22.3 Å². The second-order valence-electron chi connectivity index (χ2n) is 7.59. The van der Waals surface area contributed by atoms with Gasteiger partial charge in [0.15, 0.2) is 0 Å². The lowest BCUT2D eigenvalue weighted by Crippen LogP contribution is -2.51. The minimum Gasteiger partial charge on any atom is -0.442 e. The van der Waals surface area contributed by atoms with Crippen molar-refractivity contribution in [2.75, 3.05) is 63.2 Å². The summed E-state index contributed by atoms with van der Waals surface area (Å²) in [6.45, 7) is 3.95. The zero-order valence-corrected chi connectivity index (χ0v) is 19.5. The third-order valence-corrected chi connectivity index (χ3v) is 7.71. The highest BCUT2D eigenvalue weighted by Gasteiger charge is 2.33. The average molecular weight is 474 g/mol. The molecule has 0 spiro atoms. The van der Waals surface area contributed by atoms with Crippen molar-refractivity contribution in [3.8, 4) is 0 Å². The lowest BCUT2D eigenvalue weighted by Gasteiger charge is -2.36. The van der Waals surface area contributed by atoms with Crippen molar-refractivity contribution in [2.45, 2.75) is 19.4 Å². The second-order valence-corrected chi connectivity index (χ2v) is 10.2. The molecular weight excluding hydrogens is 445 g/mol. The molecule has 1 aromatic rings. The summed E-state index contributed by atoms with van der Waals surface area (Å²) in [5, 5.41) is 3.05. The van der Waals surface area contributed by atoms with Crippen molar-refractivity contribution in [3.05, 3.63) is 24.0 Å². The van der Waals surface area contributed by atoms with E-state index in [-0.39, 0.29) is 19.2 Å². The Labute approximate surface area is 187 Å². The van der Waals surface area contributed by atoms with E-state index in [4.69, 9.17) is 17.0 Å². The van der Waals surface area contributed by atoms with Crippen LogP contribution in [0.3, 0.4) is 0 Å². The number of benzene rings is 1. The molecular formula is C19H28FN5O4S2. The fourth-order valence-electron chi connectivity index (χ4n) is 3.50. The van der Waals surface area contributed by atoms with Crippen LogP contribution in [0.2, 0.25) is 0 Å². The van der Waals surface area contributed by atoms with Crippen LogP contribution < -0.4 is 15.1 Å². The Hall–Kier alpha value is -2.02. The summed E-state index contributed by atoms with van der Waals surface area (Å²) in [7, 11) is -0.505. The number of halogens is 1. The monoisotopic (exact) mass is 473 g/mol. The average Bonchev–Trinajstić information content (AvgIpc) is 3.12. The first kappa shape index (κ1) is 23.6. The highest BCUT2D eigenvalue weighted by Crippen LogP contribution is 2.28. The largest absolute Gasteiger partial charge is 0.442 e. The van der Waals surface area contributed by atoms with Crippen molar-refractivity contribution in [1.29, 1.82) is 0 Å². The normalized spacial score (nSPS) is 20.3. The molecule has 0 bridgehead atoms.